The number of amides is 1. The molecule has 0 spiro atoms. The highest BCUT2D eigenvalue weighted by molar-refractivity contribution is 7.21. The number of fused-ring (bicyclic) bond motifs is 1. The number of carbonyl (C=O) groups is 2. The van der Waals surface area contributed by atoms with Crippen LogP contribution in [0.3, 0.4) is 0 Å². The Morgan fingerprint density at radius 1 is 1.27 bits per heavy atom. The molecule has 1 aliphatic heterocycles. The first kappa shape index (κ1) is 15.3. The Morgan fingerprint density at radius 2 is 1.95 bits per heavy atom. The molecule has 0 aliphatic carbocycles. The predicted octanol–water partition coefficient (Wildman–Crippen LogP) is 3.58. The van der Waals surface area contributed by atoms with Crippen LogP contribution in [0.25, 0.3) is 10.1 Å². The average molecular weight is 338 g/mol. The molecule has 1 amide bonds. The third-order valence-corrected chi connectivity index (χ3v) is 5.71. The molecule has 1 saturated heterocycles. The molecule has 2 heterocycles. The van der Waals surface area contributed by atoms with Gasteiger partial charge < -0.3 is 9.64 Å². The van der Waals surface area contributed by atoms with Gasteiger partial charge in [0.25, 0.3) is 5.91 Å². The molecule has 1 aromatic heterocycles. The van der Waals surface area contributed by atoms with Gasteiger partial charge in [-0.05, 0) is 18.9 Å². The number of rotatable bonds is 2. The van der Waals surface area contributed by atoms with Gasteiger partial charge >= 0.3 is 5.97 Å². The van der Waals surface area contributed by atoms with E-state index < -0.39 is 0 Å². The van der Waals surface area contributed by atoms with Gasteiger partial charge in [0.2, 0.25) is 0 Å². The molecule has 116 valence electrons. The van der Waals surface area contributed by atoms with Crippen LogP contribution in [0.1, 0.15) is 22.5 Å². The lowest BCUT2D eigenvalue weighted by Gasteiger charge is -2.30. The number of piperidine rings is 1. The van der Waals surface area contributed by atoms with Crippen LogP contribution < -0.4 is 0 Å². The number of likely N-dealkylation sites (tertiary alicyclic amines) is 1. The monoisotopic (exact) mass is 337 g/mol. The fourth-order valence-electron chi connectivity index (χ4n) is 2.78. The van der Waals surface area contributed by atoms with Crippen molar-refractivity contribution in [2.45, 2.75) is 12.8 Å². The number of ether oxygens (including phenoxy) is 1. The minimum Gasteiger partial charge on any atom is -0.469 e. The van der Waals surface area contributed by atoms with Gasteiger partial charge in [0.15, 0.2) is 0 Å². The van der Waals surface area contributed by atoms with Crippen LogP contribution in [0.4, 0.5) is 0 Å². The average Bonchev–Trinajstić information content (AvgIpc) is 2.91. The minimum absolute atomic E-state index is 0.0467. The van der Waals surface area contributed by atoms with E-state index in [1.807, 2.05) is 24.3 Å². The first-order valence-electron chi connectivity index (χ1n) is 7.16. The molecule has 0 saturated carbocycles. The van der Waals surface area contributed by atoms with Crippen molar-refractivity contribution in [3.8, 4) is 0 Å². The van der Waals surface area contributed by atoms with Crippen molar-refractivity contribution >= 4 is 44.9 Å². The fraction of sp³-hybridized carbons (Fsp3) is 0.375. The first-order chi connectivity index (χ1) is 10.6. The summed E-state index contributed by atoms with van der Waals surface area (Å²) < 4.78 is 5.78. The summed E-state index contributed by atoms with van der Waals surface area (Å²) >= 11 is 7.78. The Hall–Kier alpha value is -1.59. The zero-order valence-electron chi connectivity index (χ0n) is 12.2. The molecule has 0 unspecified atom stereocenters. The van der Waals surface area contributed by atoms with Gasteiger partial charge in [-0.3, -0.25) is 9.59 Å². The summed E-state index contributed by atoms with van der Waals surface area (Å²) in [6, 6.07) is 7.74. The molecule has 6 heteroatoms. The van der Waals surface area contributed by atoms with Gasteiger partial charge in [0, 0.05) is 23.2 Å². The topological polar surface area (TPSA) is 46.6 Å². The maximum atomic E-state index is 12.7. The number of hydrogen-bond donors (Lipinski definition) is 0. The summed E-state index contributed by atoms with van der Waals surface area (Å²) in [7, 11) is 1.40. The van der Waals surface area contributed by atoms with Crippen LogP contribution in [-0.2, 0) is 9.53 Å². The van der Waals surface area contributed by atoms with Crippen LogP contribution in [-0.4, -0.2) is 37.0 Å². The predicted molar refractivity (Wildman–Crippen MR) is 87.5 cm³/mol. The van der Waals surface area contributed by atoms with E-state index in [1.54, 1.807) is 4.90 Å². The van der Waals surface area contributed by atoms with Gasteiger partial charge in [-0.2, -0.15) is 0 Å². The maximum Gasteiger partial charge on any atom is 0.308 e. The Labute approximate surface area is 137 Å². The maximum absolute atomic E-state index is 12.7. The van der Waals surface area contributed by atoms with Crippen molar-refractivity contribution in [1.29, 1.82) is 0 Å². The fourth-order valence-corrected chi connectivity index (χ4v) is 4.26. The van der Waals surface area contributed by atoms with E-state index in [1.165, 1.54) is 18.4 Å². The summed E-state index contributed by atoms with van der Waals surface area (Å²) in [5, 5.41) is 1.45. The molecular formula is C16H16ClNO3S. The van der Waals surface area contributed by atoms with Crippen molar-refractivity contribution in [2.75, 3.05) is 20.2 Å². The van der Waals surface area contributed by atoms with Crippen molar-refractivity contribution < 1.29 is 14.3 Å². The van der Waals surface area contributed by atoms with E-state index in [2.05, 4.69) is 0 Å². The molecule has 4 nitrogen and oxygen atoms in total. The van der Waals surface area contributed by atoms with Gasteiger partial charge in [0.1, 0.15) is 4.88 Å². The molecule has 0 bridgehead atoms. The van der Waals surface area contributed by atoms with E-state index >= 15 is 0 Å². The van der Waals surface area contributed by atoms with Crippen molar-refractivity contribution in [2.24, 2.45) is 5.92 Å². The van der Waals surface area contributed by atoms with Crippen molar-refractivity contribution in [1.82, 2.24) is 4.90 Å². The number of benzene rings is 1. The largest absolute Gasteiger partial charge is 0.469 e. The van der Waals surface area contributed by atoms with Gasteiger partial charge in [-0.15, -0.1) is 11.3 Å². The van der Waals surface area contributed by atoms with Crippen LogP contribution in [0.2, 0.25) is 5.02 Å². The molecule has 22 heavy (non-hydrogen) atoms. The number of hydrogen-bond acceptors (Lipinski definition) is 4. The third-order valence-electron chi connectivity index (χ3n) is 4.05. The lowest BCUT2D eigenvalue weighted by Crippen LogP contribution is -2.40. The highest BCUT2D eigenvalue weighted by Crippen LogP contribution is 2.36. The highest BCUT2D eigenvalue weighted by atomic mass is 35.5. The van der Waals surface area contributed by atoms with Crippen molar-refractivity contribution in [3.63, 3.8) is 0 Å². The van der Waals surface area contributed by atoms with Crippen LogP contribution in [0.5, 0.6) is 0 Å². The van der Waals surface area contributed by atoms with Crippen LogP contribution in [0, 0.1) is 5.92 Å². The Balaban J connectivity index is 1.77. The first-order valence-corrected chi connectivity index (χ1v) is 8.35. The van der Waals surface area contributed by atoms with Crippen LogP contribution in [0.15, 0.2) is 24.3 Å². The normalized spacial score (nSPS) is 16.0. The molecule has 3 rings (SSSR count). The minimum atomic E-state index is -0.188. The SMILES string of the molecule is COC(=O)C1CCN(C(=O)c2sc3ccccc3c2Cl)CC1. The van der Waals surface area contributed by atoms with Gasteiger partial charge in [-0.1, -0.05) is 29.8 Å². The van der Waals surface area contributed by atoms with Gasteiger partial charge in [0.05, 0.1) is 18.1 Å². The number of esters is 1. The number of thiophene rings is 1. The second kappa shape index (κ2) is 6.26. The number of methoxy groups -OCH3 is 1. The lowest BCUT2D eigenvalue weighted by molar-refractivity contribution is -0.146. The van der Waals surface area contributed by atoms with Crippen LogP contribution >= 0.6 is 22.9 Å². The highest BCUT2D eigenvalue weighted by Gasteiger charge is 2.30. The quantitative estimate of drug-likeness (QED) is 0.787. The lowest BCUT2D eigenvalue weighted by atomic mass is 9.97. The summed E-state index contributed by atoms with van der Waals surface area (Å²) in [5.41, 5.74) is 0. The van der Waals surface area contributed by atoms with E-state index in [0.717, 1.165) is 10.1 Å². The molecule has 0 N–H and O–H groups in total. The molecule has 0 radical (unpaired) electrons. The summed E-state index contributed by atoms with van der Waals surface area (Å²) in [6.07, 6.45) is 1.28. The second-order valence-electron chi connectivity index (χ2n) is 5.33. The molecule has 1 fully saturated rings. The molecule has 1 aromatic carbocycles. The number of nitrogens with zero attached hydrogens (tertiary/aromatic N) is 1. The van der Waals surface area contributed by atoms with E-state index in [-0.39, 0.29) is 17.8 Å². The molecule has 2 aromatic rings. The summed E-state index contributed by atoms with van der Waals surface area (Å²) in [4.78, 5) is 26.6. The molecule has 0 atom stereocenters. The smallest absolute Gasteiger partial charge is 0.308 e. The Bertz CT molecular complexity index is 719. The Kier molecular flexibility index (Phi) is 4.36. The summed E-state index contributed by atoms with van der Waals surface area (Å²) in [5.74, 6) is -0.339. The zero-order valence-corrected chi connectivity index (χ0v) is 13.7. The van der Waals surface area contributed by atoms with E-state index in [0.29, 0.717) is 35.8 Å². The Morgan fingerprint density at radius 3 is 2.59 bits per heavy atom. The number of halogens is 1. The molecular weight excluding hydrogens is 322 g/mol. The van der Waals surface area contributed by atoms with Crippen molar-refractivity contribution in [3.05, 3.63) is 34.2 Å². The van der Waals surface area contributed by atoms with Gasteiger partial charge in [-0.25, -0.2) is 0 Å². The zero-order chi connectivity index (χ0) is 15.7. The summed E-state index contributed by atoms with van der Waals surface area (Å²) in [6.45, 7) is 1.12. The standard InChI is InChI=1S/C16H16ClNO3S/c1-21-16(20)10-6-8-18(9-7-10)15(19)14-13(17)11-4-2-3-5-12(11)22-14/h2-5,10H,6-9H2,1H3. The number of carbonyl (C=O) groups excluding carboxylic acids is 2. The van der Waals surface area contributed by atoms with E-state index in [4.69, 9.17) is 16.3 Å². The second-order valence-corrected chi connectivity index (χ2v) is 6.76. The molecule has 1 aliphatic rings. The third kappa shape index (κ3) is 2.71. The van der Waals surface area contributed by atoms with E-state index in [9.17, 15) is 9.59 Å².